The van der Waals surface area contributed by atoms with Crippen molar-refractivity contribution in [2.24, 2.45) is 5.14 Å². The van der Waals surface area contributed by atoms with E-state index in [0.29, 0.717) is 9.90 Å². The molecule has 1 heterocycles. The van der Waals surface area contributed by atoms with Crippen molar-refractivity contribution in [2.45, 2.75) is 11.1 Å². The van der Waals surface area contributed by atoms with Gasteiger partial charge in [-0.15, -0.1) is 11.3 Å². The van der Waals surface area contributed by atoms with Crippen LogP contribution < -0.4 is 9.86 Å². The summed E-state index contributed by atoms with van der Waals surface area (Å²) in [6, 6.07) is 1.42. The fourth-order valence-corrected chi connectivity index (χ4v) is 4.25. The molecular formula is C7H11ClN2O4S3. The zero-order chi connectivity index (χ0) is 13.3. The molecule has 0 atom stereocenters. The lowest BCUT2D eigenvalue weighted by atomic mass is 10.4. The number of hydrogen-bond donors (Lipinski definition) is 2. The number of nitrogens with two attached hydrogens (primary N) is 1. The van der Waals surface area contributed by atoms with Gasteiger partial charge in [-0.3, -0.25) is 0 Å². The van der Waals surface area contributed by atoms with Crippen LogP contribution in [0.2, 0.25) is 4.34 Å². The third-order valence-electron chi connectivity index (χ3n) is 1.78. The number of rotatable bonds is 5. The summed E-state index contributed by atoms with van der Waals surface area (Å²) in [4.78, 5) is 0. The Morgan fingerprint density at radius 2 is 2.00 bits per heavy atom. The fraction of sp³-hybridized carbons (Fsp3) is 0.429. The summed E-state index contributed by atoms with van der Waals surface area (Å²) in [5.41, 5.74) is 0.656. The Bertz CT molecular complexity index is 586. The molecular weight excluding hydrogens is 308 g/mol. The second-order valence-electron chi connectivity index (χ2n) is 3.29. The Morgan fingerprint density at radius 1 is 1.41 bits per heavy atom. The summed E-state index contributed by atoms with van der Waals surface area (Å²) < 4.78 is 47.2. The fourth-order valence-electron chi connectivity index (χ4n) is 0.954. The smallest absolute Gasteiger partial charge is 0.229 e. The highest BCUT2D eigenvalue weighted by Crippen LogP contribution is 2.29. The molecule has 0 saturated heterocycles. The minimum Gasteiger partial charge on any atom is -0.229 e. The van der Waals surface area contributed by atoms with Crippen molar-refractivity contribution in [3.8, 4) is 0 Å². The van der Waals surface area contributed by atoms with Crippen molar-refractivity contribution in [2.75, 3.05) is 12.3 Å². The quantitative estimate of drug-likeness (QED) is 0.813. The van der Waals surface area contributed by atoms with E-state index in [-0.39, 0.29) is 10.8 Å². The van der Waals surface area contributed by atoms with Gasteiger partial charge < -0.3 is 0 Å². The predicted octanol–water partition coefficient (Wildman–Crippen LogP) is 0.277. The first kappa shape index (κ1) is 14.9. The van der Waals surface area contributed by atoms with Gasteiger partial charge in [-0.25, -0.2) is 26.7 Å². The second kappa shape index (κ2) is 5.21. The summed E-state index contributed by atoms with van der Waals surface area (Å²) in [6.45, 7) is 1.41. The maximum absolute atomic E-state index is 11.7. The molecule has 1 rings (SSSR count). The lowest BCUT2D eigenvalue weighted by Gasteiger charge is -2.02. The highest BCUT2D eigenvalue weighted by molar-refractivity contribution is 7.92. The SMILES string of the molecule is Cc1cc(S(=O)(=O)NCCS(N)(=O)=O)sc1Cl. The van der Waals surface area contributed by atoms with E-state index < -0.39 is 25.8 Å². The van der Waals surface area contributed by atoms with Crippen molar-refractivity contribution in [1.82, 2.24) is 4.72 Å². The standard InChI is InChI=1S/C7H11ClN2O4S3/c1-5-4-6(15-7(5)8)17(13,14)10-2-3-16(9,11)12/h4,10H,2-3H2,1H3,(H2,9,11,12). The number of halogens is 1. The number of primary sulfonamides is 1. The van der Waals surface area contributed by atoms with Gasteiger partial charge >= 0.3 is 0 Å². The van der Waals surface area contributed by atoms with Crippen LogP contribution in [0.25, 0.3) is 0 Å². The number of aryl methyl sites for hydroxylation is 1. The molecule has 0 bridgehead atoms. The second-order valence-corrected chi connectivity index (χ2v) is 8.67. The molecule has 10 heteroatoms. The molecule has 0 unspecified atom stereocenters. The van der Waals surface area contributed by atoms with Crippen LogP contribution in [0.4, 0.5) is 0 Å². The van der Waals surface area contributed by atoms with Crippen LogP contribution in [0.1, 0.15) is 5.56 Å². The number of sulfonamides is 2. The van der Waals surface area contributed by atoms with Gasteiger partial charge in [0.1, 0.15) is 4.21 Å². The average Bonchev–Trinajstić information content (AvgIpc) is 2.45. The molecule has 17 heavy (non-hydrogen) atoms. The van der Waals surface area contributed by atoms with Crippen LogP contribution >= 0.6 is 22.9 Å². The molecule has 0 spiro atoms. The van der Waals surface area contributed by atoms with Gasteiger partial charge in [-0.2, -0.15) is 0 Å². The number of nitrogens with one attached hydrogen (secondary N) is 1. The third kappa shape index (κ3) is 4.53. The average molecular weight is 319 g/mol. The Morgan fingerprint density at radius 3 is 2.41 bits per heavy atom. The molecule has 0 aliphatic rings. The van der Waals surface area contributed by atoms with Crippen LogP contribution in [0.3, 0.4) is 0 Å². The summed E-state index contributed by atoms with van der Waals surface area (Å²) in [6.07, 6.45) is 0. The van der Waals surface area contributed by atoms with E-state index in [1.807, 2.05) is 0 Å². The molecule has 0 aliphatic heterocycles. The van der Waals surface area contributed by atoms with Crippen molar-refractivity contribution in [1.29, 1.82) is 0 Å². The van der Waals surface area contributed by atoms with Crippen LogP contribution in [0, 0.1) is 6.92 Å². The molecule has 1 aromatic rings. The first-order chi connectivity index (χ1) is 7.62. The largest absolute Gasteiger partial charge is 0.250 e. The van der Waals surface area contributed by atoms with Gasteiger partial charge in [0.15, 0.2) is 0 Å². The molecule has 0 radical (unpaired) electrons. The van der Waals surface area contributed by atoms with Crippen molar-refractivity contribution in [3.05, 3.63) is 16.0 Å². The maximum Gasteiger partial charge on any atom is 0.250 e. The van der Waals surface area contributed by atoms with Gasteiger partial charge in [-0.1, -0.05) is 11.6 Å². The van der Waals surface area contributed by atoms with E-state index in [4.69, 9.17) is 16.7 Å². The lowest BCUT2D eigenvalue weighted by molar-refractivity contribution is 0.583. The first-order valence-corrected chi connectivity index (χ1v) is 8.77. The number of hydrogen-bond acceptors (Lipinski definition) is 5. The van der Waals surface area contributed by atoms with Crippen LogP contribution in [-0.2, 0) is 20.0 Å². The Hall–Kier alpha value is -0.190. The van der Waals surface area contributed by atoms with E-state index >= 15 is 0 Å². The zero-order valence-corrected chi connectivity index (χ0v) is 12.0. The van der Waals surface area contributed by atoms with E-state index in [0.717, 1.165) is 11.3 Å². The normalized spacial score (nSPS) is 12.9. The van der Waals surface area contributed by atoms with Crippen molar-refractivity contribution < 1.29 is 16.8 Å². The van der Waals surface area contributed by atoms with E-state index in [2.05, 4.69) is 4.72 Å². The maximum atomic E-state index is 11.7. The molecule has 0 saturated carbocycles. The molecule has 0 fully saturated rings. The van der Waals surface area contributed by atoms with Gasteiger partial charge in [0.25, 0.3) is 0 Å². The minimum atomic E-state index is -3.72. The molecule has 0 amide bonds. The van der Waals surface area contributed by atoms with Gasteiger partial charge in [0, 0.05) is 6.54 Å². The Kier molecular flexibility index (Phi) is 4.55. The summed E-state index contributed by atoms with van der Waals surface area (Å²) in [5.74, 6) is -0.454. The molecule has 0 aliphatic carbocycles. The number of thiophene rings is 1. The molecule has 98 valence electrons. The van der Waals surface area contributed by atoms with Crippen LogP contribution in [-0.4, -0.2) is 29.1 Å². The Balaban J connectivity index is 2.76. The third-order valence-corrected chi connectivity index (χ3v) is 6.04. The van der Waals surface area contributed by atoms with Gasteiger partial charge in [0.2, 0.25) is 20.0 Å². The van der Waals surface area contributed by atoms with Crippen molar-refractivity contribution >= 4 is 43.0 Å². The zero-order valence-electron chi connectivity index (χ0n) is 8.80. The molecule has 1 aromatic heterocycles. The van der Waals surface area contributed by atoms with Crippen molar-refractivity contribution in [3.63, 3.8) is 0 Å². The highest BCUT2D eigenvalue weighted by atomic mass is 35.5. The Labute approximate surface area is 109 Å². The van der Waals surface area contributed by atoms with E-state index in [9.17, 15) is 16.8 Å². The monoisotopic (exact) mass is 318 g/mol. The van der Waals surface area contributed by atoms with E-state index in [1.54, 1.807) is 6.92 Å². The first-order valence-electron chi connectivity index (χ1n) is 4.38. The van der Waals surface area contributed by atoms with E-state index in [1.165, 1.54) is 6.07 Å². The summed E-state index contributed by atoms with van der Waals surface area (Å²) >= 11 is 6.67. The summed E-state index contributed by atoms with van der Waals surface area (Å²) in [5, 5.41) is 4.75. The summed E-state index contributed by atoms with van der Waals surface area (Å²) in [7, 11) is -7.40. The van der Waals surface area contributed by atoms with Crippen LogP contribution in [0.15, 0.2) is 10.3 Å². The van der Waals surface area contributed by atoms with Gasteiger partial charge in [-0.05, 0) is 18.6 Å². The molecule has 3 N–H and O–H groups in total. The topological polar surface area (TPSA) is 106 Å². The minimum absolute atomic E-state index is 0.0504. The lowest BCUT2D eigenvalue weighted by Crippen LogP contribution is -2.31. The molecule has 6 nitrogen and oxygen atoms in total. The highest BCUT2D eigenvalue weighted by Gasteiger charge is 2.18. The van der Waals surface area contributed by atoms with Crippen LogP contribution in [0.5, 0.6) is 0 Å². The predicted molar refractivity (Wildman–Crippen MR) is 67.2 cm³/mol. The van der Waals surface area contributed by atoms with Gasteiger partial charge in [0.05, 0.1) is 10.1 Å². The molecule has 0 aromatic carbocycles.